The van der Waals surface area contributed by atoms with E-state index in [0.29, 0.717) is 5.69 Å². The number of hydrogen-bond acceptors (Lipinski definition) is 2. The fourth-order valence-electron chi connectivity index (χ4n) is 1.77. The molecule has 0 spiro atoms. The molecule has 0 fully saturated rings. The molecule has 0 aliphatic carbocycles. The molecule has 0 saturated heterocycles. The molecule has 1 heterocycles. The predicted octanol–water partition coefficient (Wildman–Crippen LogP) is 3.09. The van der Waals surface area contributed by atoms with Gasteiger partial charge in [-0.05, 0) is 43.2 Å². The van der Waals surface area contributed by atoms with Gasteiger partial charge in [0.15, 0.2) is 0 Å². The van der Waals surface area contributed by atoms with Crippen molar-refractivity contribution in [3.8, 4) is 5.75 Å². The Hall–Kier alpha value is -2.36. The summed E-state index contributed by atoms with van der Waals surface area (Å²) < 4.78 is 0. The second kappa shape index (κ2) is 4.87. The summed E-state index contributed by atoms with van der Waals surface area (Å²) >= 11 is 0. The molecule has 0 radical (unpaired) electrons. The molecule has 18 heavy (non-hydrogen) atoms. The van der Waals surface area contributed by atoms with Gasteiger partial charge in [-0.15, -0.1) is 0 Å². The van der Waals surface area contributed by atoms with Crippen LogP contribution in [-0.2, 0) is 0 Å². The minimum Gasteiger partial charge on any atom is -0.506 e. The summed E-state index contributed by atoms with van der Waals surface area (Å²) in [7, 11) is 0. The number of phenols is 1. The lowest BCUT2D eigenvalue weighted by atomic mass is 10.1. The summed E-state index contributed by atoms with van der Waals surface area (Å²) in [6.07, 6.45) is 0. The van der Waals surface area contributed by atoms with Crippen molar-refractivity contribution in [1.82, 2.24) is 10.2 Å². The number of hydrogen-bond donors (Lipinski definition) is 4. The molecule has 2 aromatic carbocycles. The smallest absolute Gasteiger partial charge is 0.141 e. The van der Waals surface area contributed by atoms with Crippen LogP contribution in [0.5, 0.6) is 5.75 Å². The van der Waals surface area contributed by atoms with Crippen molar-refractivity contribution >= 4 is 16.7 Å². The van der Waals surface area contributed by atoms with Crippen molar-refractivity contribution in [1.29, 1.82) is 0 Å². The number of anilines is 1. The topological polar surface area (TPSA) is 77.8 Å². The molecule has 94 valence electrons. The summed E-state index contributed by atoms with van der Waals surface area (Å²) in [6, 6.07) is 11.7. The van der Waals surface area contributed by atoms with E-state index in [1.165, 1.54) is 11.0 Å². The first-order valence-electron chi connectivity index (χ1n) is 5.74. The Kier molecular flexibility index (Phi) is 3.28. The van der Waals surface area contributed by atoms with E-state index < -0.39 is 0 Å². The first-order valence-corrected chi connectivity index (χ1v) is 5.74. The molecule has 3 rings (SSSR count). The Morgan fingerprint density at radius 1 is 1.00 bits per heavy atom. The largest absolute Gasteiger partial charge is 0.506 e. The molecular weight excluding hydrogens is 226 g/mol. The quantitative estimate of drug-likeness (QED) is 0.361. The Labute approximate surface area is 105 Å². The number of nitrogen functional groups attached to an aromatic ring is 1. The van der Waals surface area contributed by atoms with E-state index in [9.17, 15) is 5.11 Å². The molecule has 0 unspecified atom stereocenters. The van der Waals surface area contributed by atoms with Crippen LogP contribution in [0.15, 0.2) is 36.4 Å². The van der Waals surface area contributed by atoms with Crippen LogP contribution in [0, 0.1) is 13.8 Å². The average Bonchev–Trinajstić information content (AvgIpc) is 2.28. The highest BCUT2D eigenvalue weighted by molar-refractivity contribution is 5.75. The Morgan fingerprint density at radius 3 is 1.94 bits per heavy atom. The molecule has 0 aliphatic rings. The van der Waals surface area contributed by atoms with Crippen LogP contribution in [0.3, 0.4) is 0 Å². The van der Waals surface area contributed by atoms with Crippen LogP contribution in [-0.4, -0.2) is 15.3 Å². The van der Waals surface area contributed by atoms with E-state index in [2.05, 4.69) is 10.2 Å². The molecular formula is C14H17N3O. The highest BCUT2D eigenvalue weighted by Crippen LogP contribution is 2.25. The van der Waals surface area contributed by atoms with Crippen LogP contribution in [0.2, 0.25) is 0 Å². The van der Waals surface area contributed by atoms with Crippen LogP contribution in [0.1, 0.15) is 11.1 Å². The van der Waals surface area contributed by atoms with Gasteiger partial charge in [-0.1, -0.05) is 18.2 Å². The number of nitrogens with two attached hydrogens (primary N) is 1. The van der Waals surface area contributed by atoms with Gasteiger partial charge < -0.3 is 10.8 Å². The van der Waals surface area contributed by atoms with Crippen LogP contribution in [0.4, 0.5) is 5.69 Å². The van der Waals surface area contributed by atoms with Crippen LogP contribution in [0.25, 0.3) is 11.0 Å². The van der Waals surface area contributed by atoms with Gasteiger partial charge in [0.05, 0.1) is 16.7 Å². The number of aromatic nitrogens is 2. The molecule has 5 N–H and O–H groups in total. The lowest BCUT2D eigenvalue weighted by molar-refractivity contribution is 0.473. The first-order chi connectivity index (χ1) is 8.58. The minimum absolute atomic E-state index is 0.200. The maximum absolute atomic E-state index is 9.21. The lowest BCUT2D eigenvalue weighted by Crippen LogP contribution is -1.88. The van der Waals surface area contributed by atoms with Crippen LogP contribution < -0.4 is 5.73 Å². The van der Waals surface area contributed by atoms with Gasteiger partial charge in [0.2, 0.25) is 0 Å². The van der Waals surface area contributed by atoms with E-state index in [1.807, 2.05) is 44.2 Å². The number of nitrogens with one attached hydrogen (secondary N) is 2. The maximum atomic E-state index is 9.21. The fourth-order valence-corrected chi connectivity index (χ4v) is 1.77. The number of phenolic OH excluding ortho intramolecular Hbond substituents is 1. The van der Waals surface area contributed by atoms with E-state index in [-0.39, 0.29) is 5.75 Å². The zero-order valence-corrected chi connectivity index (χ0v) is 10.5. The van der Waals surface area contributed by atoms with Gasteiger partial charge in [0.25, 0.3) is 0 Å². The molecule has 4 nitrogen and oxygen atoms in total. The molecule has 1 aromatic heterocycles. The number of aryl methyl sites for hydroxylation is 2. The van der Waals surface area contributed by atoms with Crippen LogP contribution >= 0.6 is 0 Å². The summed E-state index contributed by atoms with van der Waals surface area (Å²) in [5.74, 6) is 0.200. The van der Waals surface area contributed by atoms with Gasteiger partial charge in [0, 0.05) is 0 Å². The molecule has 0 saturated carbocycles. The monoisotopic (exact) mass is 243 g/mol. The van der Waals surface area contributed by atoms with E-state index in [0.717, 1.165) is 11.1 Å². The van der Waals surface area contributed by atoms with Crippen molar-refractivity contribution in [3.05, 3.63) is 47.5 Å². The summed E-state index contributed by atoms with van der Waals surface area (Å²) in [6.45, 7) is 3.78. The number of aromatic hydroxyl groups is 1. The maximum Gasteiger partial charge on any atom is 0.141 e. The summed E-state index contributed by atoms with van der Waals surface area (Å²) in [5, 5.41) is 15.1. The van der Waals surface area contributed by atoms with Gasteiger partial charge in [-0.3, -0.25) is 10.2 Å². The highest BCUT2D eigenvalue weighted by Gasteiger charge is 1.99. The summed E-state index contributed by atoms with van der Waals surface area (Å²) in [4.78, 5) is 0. The predicted molar refractivity (Wildman–Crippen MR) is 74.6 cm³/mol. The normalized spacial score (nSPS) is 10.1. The Bertz CT molecular complexity index is 599. The third kappa shape index (κ3) is 2.48. The second-order valence-electron chi connectivity index (χ2n) is 4.32. The lowest BCUT2D eigenvalue weighted by Gasteiger charge is -2.02. The molecule has 3 aromatic rings. The highest BCUT2D eigenvalue weighted by atomic mass is 16.3. The van der Waals surface area contributed by atoms with Gasteiger partial charge >= 0.3 is 0 Å². The van der Waals surface area contributed by atoms with E-state index in [4.69, 9.17) is 5.73 Å². The van der Waals surface area contributed by atoms with Gasteiger partial charge in [-0.2, -0.15) is 0 Å². The van der Waals surface area contributed by atoms with Crippen molar-refractivity contribution < 1.29 is 5.11 Å². The molecule has 0 atom stereocenters. The van der Waals surface area contributed by atoms with Crippen molar-refractivity contribution in [3.63, 3.8) is 0 Å². The number of benzene rings is 2. The third-order valence-corrected chi connectivity index (χ3v) is 2.73. The minimum atomic E-state index is 0.200. The Morgan fingerprint density at radius 2 is 1.56 bits per heavy atom. The third-order valence-electron chi connectivity index (χ3n) is 2.73. The number of aromatic amines is 2. The zero-order chi connectivity index (χ0) is 13.1. The average molecular weight is 243 g/mol. The van der Waals surface area contributed by atoms with E-state index >= 15 is 0 Å². The zero-order valence-electron chi connectivity index (χ0n) is 10.5. The second-order valence-corrected chi connectivity index (χ2v) is 4.32. The SMILES string of the molecule is Cc1cc(C)c(O)c(N)c1.c1ccc2[nH][nH]c2c1. The number of rotatable bonds is 0. The number of fused-ring (bicyclic) bond motifs is 1. The van der Waals surface area contributed by atoms with E-state index in [1.54, 1.807) is 6.07 Å². The summed E-state index contributed by atoms with van der Waals surface area (Å²) in [5.41, 5.74) is 10.2. The number of para-hydroxylation sites is 2. The number of H-pyrrole nitrogens is 2. The fraction of sp³-hybridized carbons (Fsp3) is 0.143. The van der Waals surface area contributed by atoms with Crippen molar-refractivity contribution in [2.24, 2.45) is 0 Å². The first kappa shape index (κ1) is 12.1. The molecule has 0 bridgehead atoms. The van der Waals surface area contributed by atoms with Gasteiger partial charge in [-0.25, -0.2) is 0 Å². The molecule has 0 aliphatic heterocycles. The van der Waals surface area contributed by atoms with Gasteiger partial charge in [0.1, 0.15) is 5.75 Å². The molecule has 4 heteroatoms. The van der Waals surface area contributed by atoms with Crippen molar-refractivity contribution in [2.45, 2.75) is 13.8 Å². The Balaban J connectivity index is 0.000000136. The van der Waals surface area contributed by atoms with Crippen molar-refractivity contribution in [2.75, 3.05) is 5.73 Å². The molecule has 0 amide bonds. The standard InChI is InChI=1S/C8H11NO.C6H6N2/c1-5-3-6(2)8(10)7(9)4-5;1-2-4-6-5(3-1)7-8-6/h3-4,10H,9H2,1-2H3;1-4,7-8H.